The van der Waals surface area contributed by atoms with Crippen LogP contribution in [0.4, 0.5) is 30.7 Å². The molecular weight excluding hydrogens is 363 g/mol. The van der Waals surface area contributed by atoms with Crippen molar-refractivity contribution in [3.05, 3.63) is 47.3 Å². The summed E-state index contributed by atoms with van der Waals surface area (Å²) in [6, 6.07) is 8.31. The number of alkyl halides is 7. The predicted octanol–water partition coefficient (Wildman–Crippen LogP) is 5.79. The minimum atomic E-state index is -6.32. The van der Waals surface area contributed by atoms with Crippen LogP contribution in [0.2, 0.25) is 0 Å². The smallest absolute Gasteiger partial charge is 0.348 e. The van der Waals surface area contributed by atoms with Crippen molar-refractivity contribution >= 4 is 0 Å². The van der Waals surface area contributed by atoms with Gasteiger partial charge in [0.05, 0.1) is 0 Å². The average molecular weight is 379 g/mol. The predicted molar refractivity (Wildman–Crippen MR) is 82.6 cm³/mol. The van der Waals surface area contributed by atoms with Gasteiger partial charge in [-0.2, -0.15) is 30.7 Å². The molecule has 1 aliphatic rings. The molecule has 0 radical (unpaired) electrons. The van der Waals surface area contributed by atoms with Crippen molar-refractivity contribution in [2.45, 2.75) is 50.8 Å². The van der Waals surface area contributed by atoms with E-state index < -0.39 is 24.4 Å². The highest BCUT2D eigenvalue weighted by Crippen LogP contribution is 2.49. The lowest BCUT2D eigenvalue weighted by atomic mass is 9.93. The number of hydrogen-bond donors (Lipinski definition) is 0. The summed E-state index contributed by atoms with van der Waals surface area (Å²) in [5, 5.41) is 0. The third-order valence-electron chi connectivity index (χ3n) is 4.83. The summed E-state index contributed by atoms with van der Waals surface area (Å²) in [6.07, 6.45) is -6.66. The van der Waals surface area contributed by atoms with Gasteiger partial charge in [0.2, 0.25) is 0 Å². The zero-order valence-electron chi connectivity index (χ0n) is 13.8. The lowest BCUT2D eigenvalue weighted by molar-refractivity contribution is -0.354. The average Bonchev–Trinajstić information content (AvgIpc) is 3.10. The van der Waals surface area contributed by atoms with Crippen LogP contribution in [-0.2, 0) is 19.4 Å². The second-order valence-corrected chi connectivity index (χ2v) is 6.46. The van der Waals surface area contributed by atoms with Crippen LogP contribution in [0.3, 0.4) is 0 Å². The first-order chi connectivity index (χ1) is 12.0. The molecular formula is C18H16F7N. The molecule has 0 fully saturated rings. The molecule has 1 aliphatic heterocycles. The maximum atomic E-state index is 14.0. The lowest BCUT2D eigenvalue weighted by Gasteiger charge is -2.28. The zero-order valence-corrected chi connectivity index (χ0v) is 13.8. The van der Waals surface area contributed by atoms with Gasteiger partial charge in [0, 0.05) is 29.9 Å². The highest BCUT2D eigenvalue weighted by atomic mass is 19.4. The summed E-state index contributed by atoms with van der Waals surface area (Å²) >= 11 is 0. The molecule has 2 heterocycles. The Kier molecular flexibility index (Phi) is 4.36. The van der Waals surface area contributed by atoms with Gasteiger partial charge in [0.25, 0.3) is 0 Å². The molecule has 0 unspecified atom stereocenters. The number of hydrogen-bond acceptors (Lipinski definition) is 0. The fourth-order valence-electron chi connectivity index (χ4n) is 3.52. The van der Waals surface area contributed by atoms with Crippen LogP contribution in [0, 0.1) is 6.92 Å². The molecule has 0 atom stereocenters. The van der Waals surface area contributed by atoms with E-state index in [1.807, 2.05) is 0 Å². The van der Waals surface area contributed by atoms with Crippen LogP contribution >= 0.6 is 0 Å². The Morgan fingerprint density at radius 3 is 2.15 bits per heavy atom. The summed E-state index contributed by atoms with van der Waals surface area (Å²) in [5.74, 6) is -11.4. The maximum Gasteiger partial charge on any atom is 0.459 e. The van der Waals surface area contributed by atoms with Gasteiger partial charge in [-0.3, -0.25) is 0 Å². The fraction of sp³-hybridized carbons (Fsp3) is 0.444. The van der Waals surface area contributed by atoms with Crippen LogP contribution in [0.25, 0.3) is 11.1 Å². The minimum absolute atomic E-state index is 0.153. The standard InChI is InChI=1S/C18H16F7N/c1-11-13(10-16(19,20)17(21,22)18(23,24)25)15(12-6-3-2-4-7-12)14-8-5-9-26(11)14/h2-4,6-7H,5,8-10H2,1H3. The SMILES string of the molecule is Cc1c(CC(F)(F)C(F)(F)C(F)(F)F)c(-c2ccccc2)c2n1CCC2. The summed E-state index contributed by atoms with van der Waals surface area (Å²) in [5.41, 5.74) is 1.74. The molecule has 0 N–H and O–H groups in total. The Morgan fingerprint density at radius 2 is 1.58 bits per heavy atom. The quantitative estimate of drug-likeness (QED) is 0.593. The molecule has 0 amide bonds. The van der Waals surface area contributed by atoms with Gasteiger partial charge in [0.1, 0.15) is 0 Å². The maximum absolute atomic E-state index is 14.0. The Bertz CT molecular complexity index is 803. The number of benzene rings is 1. The molecule has 0 aliphatic carbocycles. The van der Waals surface area contributed by atoms with Gasteiger partial charge in [-0.1, -0.05) is 30.3 Å². The number of halogens is 7. The van der Waals surface area contributed by atoms with E-state index in [0.29, 0.717) is 35.5 Å². The van der Waals surface area contributed by atoms with Crippen LogP contribution in [0.5, 0.6) is 0 Å². The Labute approximate surface area is 145 Å². The molecule has 1 aromatic heterocycles. The van der Waals surface area contributed by atoms with E-state index in [9.17, 15) is 30.7 Å². The Morgan fingerprint density at radius 1 is 0.962 bits per heavy atom. The van der Waals surface area contributed by atoms with E-state index in [2.05, 4.69) is 0 Å². The molecule has 142 valence electrons. The highest BCUT2D eigenvalue weighted by Gasteiger charge is 2.72. The first-order valence-corrected chi connectivity index (χ1v) is 8.06. The van der Waals surface area contributed by atoms with Crippen molar-refractivity contribution < 1.29 is 30.7 Å². The Hall–Kier alpha value is -1.99. The zero-order chi connectivity index (χ0) is 19.3. The van der Waals surface area contributed by atoms with Gasteiger partial charge in [-0.05, 0) is 30.9 Å². The molecule has 8 heteroatoms. The van der Waals surface area contributed by atoms with Crippen LogP contribution in [0.1, 0.15) is 23.4 Å². The third kappa shape index (κ3) is 2.79. The van der Waals surface area contributed by atoms with Gasteiger partial charge in [-0.25, -0.2) is 0 Å². The third-order valence-corrected chi connectivity index (χ3v) is 4.83. The molecule has 0 bridgehead atoms. The lowest BCUT2D eigenvalue weighted by Crippen LogP contribution is -2.53. The molecule has 26 heavy (non-hydrogen) atoms. The molecule has 1 aromatic carbocycles. The molecule has 1 nitrogen and oxygen atoms in total. The van der Waals surface area contributed by atoms with Crippen molar-refractivity contribution in [2.75, 3.05) is 0 Å². The van der Waals surface area contributed by atoms with E-state index in [1.165, 1.54) is 6.92 Å². The van der Waals surface area contributed by atoms with E-state index in [1.54, 1.807) is 34.9 Å². The normalized spacial score (nSPS) is 15.4. The topological polar surface area (TPSA) is 4.93 Å². The summed E-state index contributed by atoms with van der Waals surface area (Å²) in [6.45, 7) is 2.01. The second-order valence-electron chi connectivity index (χ2n) is 6.46. The second kappa shape index (κ2) is 6.03. The minimum Gasteiger partial charge on any atom is -0.348 e. The number of fused-ring (bicyclic) bond motifs is 1. The van der Waals surface area contributed by atoms with Gasteiger partial charge >= 0.3 is 18.0 Å². The first-order valence-electron chi connectivity index (χ1n) is 8.06. The van der Waals surface area contributed by atoms with Crippen molar-refractivity contribution in [2.24, 2.45) is 0 Å². The van der Waals surface area contributed by atoms with Crippen molar-refractivity contribution in [3.8, 4) is 11.1 Å². The van der Waals surface area contributed by atoms with Crippen LogP contribution in [0.15, 0.2) is 30.3 Å². The van der Waals surface area contributed by atoms with E-state index in [0.717, 1.165) is 6.42 Å². The van der Waals surface area contributed by atoms with Gasteiger partial charge in [-0.15, -0.1) is 0 Å². The highest BCUT2D eigenvalue weighted by molar-refractivity contribution is 5.73. The van der Waals surface area contributed by atoms with Crippen molar-refractivity contribution in [3.63, 3.8) is 0 Å². The number of rotatable bonds is 4. The van der Waals surface area contributed by atoms with Gasteiger partial charge < -0.3 is 4.57 Å². The monoisotopic (exact) mass is 379 g/mol. The largest absolute Gasteiger partial charge is 0.459 e. The molecule has 0 saturated carbocycles. The van der Waals surface area contributed by atoms with E-state index in [-0.39, 0.29) is 5.56 Å². The summed E-state index contributed by atoms with van der Waals surface area (Å²) < 4.78 is 94.0. The van der Waals surface area contributed by atoms with E-state index >= 15 is 0 Å². The van der Waals surface area contributed by atoms with Gasteiger partial charge in [0.15, 0.2) is 0 Å². The number of aromatic nitrogens is 1. The molecule has 2 aromatic rings. The fourth-order valence-corrected chi connectivity index (χ4v) is 3.52. The molecule has 0 saturated heterocycles. The Balaban J connectivity index is 2.12. The number of nitrogens with zero attached hydrogens (tertiary/aromatic N) is 1. The van der Waals surface area contributed by atoms with Crippen molar-refractivity contribution in [1.82, 2.24) is 4.57 Å². The molecule has 0 spiro atoms. The molecule has 3 rings (SSSR count). The van der Waals surface area contributed by atoms with Crippen molar-refractivity contribution in [1.29, 1.82) is 0 Å². The summed E-state index contributed by atoms with van der Waals surface area (Å²) in [4.78, 5) is 0. The van der Waals surface area contributed by atoms with E-state index in [4.69, 9.17) is 0 Å². The first kappa shape index (κ1) is 18.8. The summed E-state index contributed by atoms with van der Waals surface area (Å²) in [7, 11) is 0. The van der Waals surface area contributed by atoms with Crippen LogP contribution < -0.4 is 0 Å². The van der Waals surface area contributed by atoms with Crippen LogP contribution in [-0.4, -0.2) is 22.6 Å².